The van der Waals surface area contributed by atoms with E-state index < -0.39 is 0 Å². The summed E-state index contributed by atoms with van der Waals surface area (Å²) < 4.78 is 1.05. The van der Waals surface area contributed by atoms with E-state index in [0.717, 1.165) is 19.5 Å². The van der Waals surface area contributed by atoms with Crippen molar-refractivity contribution in [2.45, 2.75) is 0 Å². The predicted molar refractivity (Wildman–Crippen MR) is 53.8 cm³/mol. The second kappa shape index (κ2) is 2.64. The van der Waals surface area contributed by atoms with Gasteiger partial charge < -0.3 is 0 Å². The Kier molecular flexibility index (Phi) is 1.77. The molecule has 1 aromatic heterocycles. The van der Waals surface area contributed by atoms with Crippen molar-refractivity contribution in [2.75, 3.05) is 0 Å². The molecule has 0 aliphatic carbocycles. The maximum atomic E-state index is 5.90. The summed E-state index contributed by atoms with van der Waals surface area (Å²) in [6.07, 6.45) is 1.78. The van der Waals surface area contributed by atoms with E-state index in [1.54, 1.807) is 6.20 Å². The van der Waals surface area contributed by atoms with E-state index in [1.807, 2.05) is 12.1 Å². The monoisotopic (exact) mass is 278 g/mol. The molecule has 11 heavy (non-hydrogen) atoms. The van der Waals surface area contributed by atoms with Gasteiger partial charge in [-0.2, -0.15) is 5.10 Å². The molecule has 0 radical (unpaired) electrons. The molecule has 0 spiro atoms. The molecule has 0 atom stereocenters. The fraction of sp³-hybridized carbons (Fsp3) is 0. The van der Waals surface area contributed by atoms with Gasteiger partial charge in [0.25, 0.3) is 0 Å². The molecule has 4 heteroatoms. The SMILES string of the molecule is Clc1ccc2[nH]ncc2c1I. The Balaban J connectivity index is 2.93. The number of hydrogen-bond donors (Lipinski definition) is 1. The Morgan fingerprint density at radius 2 is 2.27 bits per heavy atom. The number of aromatic amines is 1. The van der Waals surface area contributed by atoms with Crippen molar-refractivity contribution in [1.82, 2.24) is 10.2 Å². The lowest BCUT2D eigenvalue weighted by Gasteiger charge is -1.94. The number of nitrogens with one attached hydrogen (secondary N) is 1. The van der Waals surface area contributed by atoms with Crippen LogP contribution >= 0.6 is 34.2 Å². The Labute approximate surface area is 82.1 Å². The van der Waals surface area contributed by atoms with Gasteiger partial charge in [0.05, 0.1) is 16.7 Å². The van der Waals surface area contributed by atoms with Gasteiger partial charge in [-0.15, -0.1) is 0 Å². The summed E-state index contributed by atoms with van der Waals surface area (Å²) in [6.45, 7) is 0. The lowest BCUT2D eigenvalue weighted by atomic mass is 10.3. The predicted octanol–water partition coefficient (Wildman–Crippen LogP) is 2.82. The van der Waals surface area contributed by atoms with Crippen LogP contribution in [0.3, 0.4) is 0 Å². The molecule has 0 bridgehead atoms. The van der Waals surface area contributed by atoms with Crippen LogP contribution in [-0.4, -0.2) is 10.2 Å². The van der Waals surface area contributed by atoms with Gasteiger partial charge in [-0.05, 0) is 34.7 Å². The lowest BCUT2D eigenvalue weighted by Crippen LogP contribution is -1.74. The molecule has 2 nitrogen and oxygen atoms in total. The second-order valence-electron chi connectivity index (χ2n) is 2.19. The summed E-state index contributed by atoms with van der Waals surface area (Å²) in [6, 6.07) is 3.79. The largest absolute Gasteiger partial charge is 0.278 e. The molecule has 0 saturated heterocycles. The van der Waals surface area contributed by atoms with Gasteiger partial charge in [0.15, 0.2) is 0 Å². The minimum Gasteiger partial charge on any atom is -0.278 e. The minimum absolute atomic E-state index is 0.777. The molecule has 0 aliphatic rings. The van der Waals surface area contributed by atoms with Crippen LogP contribution in [0.5, 0.6) is 0 Å². The molecule has 2 rings (SSSR count). The van der Waals surface area contributed by atoms with Gasteiger partial charge >= 0.3 is 0 Å². The van der Waals surface area contributed by atoms with Crippen molar-refractivity contribution < 1.29 is 0 Å². The standard InChI is InChI=1S/C7H4ClIN2/c8-5-1-2-6-4(7(5)9)3-10-11-6/h1-3H,(H,10,11). The Morgan fingerprint density at radius 3 is 3.09 bits per heavy atom. The quantitative estimate of drug-likeness (QED) is 0.738. The summed E-state index contributed by atoms with van der Waals surface area (Å²) in [5.74, 6) is 0. The van der Waals surface area contributed by atoms with Gasteiger partial charge in [-0.25, -0.2) is 0 Å². The Hall–Kier alpha value is -0.290. The van der Waals surface area contributed by atoms with Crippen LogP contribution < -0.4 is 0 Å². The molecule has 1 N–H and O–H groups in total. The molecule has 56 valence electrons. The third-order valence-corrected chi connectivity index (χ3v) is 3.31. The van der Waals surface area contributed by atoms with Crippen LogP contribution in [0.4, 0.5) is 0 Å². The Bertz CT molecular complexity index is 396. The first-order valence-electron chi connectivity index (χ1n) is 3.06. The molecule has 0 fully saturated rings. The van der Waals surface area contributed by atoms with Crippen molar-refractivity contribution in [2.24, 2.45) is 0 Å². The number of hydrogen-bond acceptors (Lipinski definition) is 1. The zero-order valence-corrected chi connectivity index (χ0v) is 8.35. The third kappa shape index (κ3) is 1.12. The summed E-state index contributed by atoms with van der Waals surface area (Å²) in [5.41, 5.74) is 1.03. The smallest absolute Gasteiger partial charge is 0.0662 e. The summed E-state index contributed by atoms with van der Waals surface area (Å²) in [4.78, 5) is 0. The number of halogens is 2. The van der Waals surface area contributed by atoms with Crippen LogP contribution in [0.25, 0.3) is 10.9 Å². The van der Waals surface area contributed by atoms with E-state index in [0.29, 0.717) is 0 Å². The van der Waals surface area contributed by atoms with Crippen molar-refractivity contribution in [3.8, 4) is 0 Å². The molecule has 0 aliphatic heterocycles. The van der Waals surface area contributed by atoms with E-state index in [-0.39, 0.29) is 0 Å². The average Bonchev–Trinajstić information content (AvgIpc) is 2.45. The van der Waals surface area contributed by atoms with E-state index in [1.165, 1.54) is 0 Å². The third-order valence-electron chi connectivity index (χ3n) is 1.51. The van der Waals surface area contributed by atoms with E-state index in [9.17, 15) is 0 Å². The van der Waals surface area contributed by atoms with Crippen LogP contribution in [0.2, 0.25) is 5.02 Å². The normalized spacial score (nSPS) is 10.7. The van der Waals surface area contributed by atoms with Gasteiger partial charge in [0, 0.05) is 8.96 Å². The van der Waals surface area contributed by atoms with Crippen molar-refractivity contribution in [3.63, 3.8) is 0 Å². The second-order valence-corrected chi connectivity index (χ2v) is 3.68. The van der Waals surface area contributed by atoms with Crippen molar-refractivity contribution in [1.29, 1.82) is 0 Å². The average molecular weight is 278 g/mol. The van der Waals surface area contributed by atoms with Crippen LogP contribution in [0, 0.1) is 3.57 Å². The first kappa shape index (κ1) is 7.36. The van der Waals surface area contributed by atoms with Gasteiger partial charge in [0.1, 0.15) is 0 Å². The van der Waals surface area contributed by atoms with E-state index in [4.69, 9.17) is 11.6 Å². The molecule has 2 aromatic rings. The van der Waals surface area contributed by atoms with Gasteiger partial charge in [0.2, 0.25) is 0 Å². The number of fused-ring (bicyclic) bond motifs is 1. The van der Waals surface area contributed by atoms with E-state index in [2.05, 4.69) is 32.8 Å². The molecule has 0 saturated carbocycles. The maximum absolute atomic E-state index is 5.90. The molecule has 1 heterocycles. The highest BCUT2D eigenvalue weighted by atomic mass is 127. The molecular formula is C7H4ClIN2. The number of benzene rings is 1. The van der Waals surface area contributed by atoms with Gasteiger partial charge in [-0.3, -0.25) is 5.10 Å². The summed E-state index contributed by atoms with van der Waals surface area (Å²) >= 11 is 8.10. The Morgan fingerprint density at radius 1 is 1.45 bits per heavy atom. The van der Waals surface area contributed by atoms with Crippen LogP contribution in [0.15, 0.2) is 18.3 Å². The zero-order chi connectivity index (χ0) is 7.84. The molecule has 0 unspecified atom stereocenters. The highest BCUT2D eigenvalue weighted by Gasteiger charge is 2.02. The maximum Gasteiger partial charge on any atom is 0.0662 e. The molecule has 0 amide bonds. The summed E-state index contributed by atoms with van der Waals surface area (Å²) in [7, 11) is 0. The van der Waals surface area contributed by atoms with Gasteiger partial charge in [-0.1, -0.05) is 11.6 Å². The highest BCUT2D eigenvalue weighted by Crippen LogP contribution is 2.25. The molecule has 1 aromatic carbocycles. The zero-order valence-electron chi connectivity index (χ0n) is 5.44. The fourth-order valence-corrected chi connectivity index (χ4v) is 1.73. The fourth-order valence-electron chi connectivity index (χ4n) is 0.956. The first-order chi connectivity index (χ1) is 5.29. The lowest BCUT2D eigenvalue weighted by molar-refractivity contribution is 1.12. The molecular weight excluding hydrogens is 274 g/mol. The minimum atomic E-state index is 0.777. The number of nitrogens with zero attached hydrogens (tertiary/aromatic N) is 1. The number of rotatable bonds is 0. The van der Waals surface area contributed by atoms with Crippen LogP contribution in [0.1, 0.15) is 0 Å². The highest BCUT2D eigenvalue weighted by molar-refractivity contribution is 14.1. The van der Waals surface area contributed by atoms with Crippen LogP contribution in [-0.2, 0) is 0 Å². The first-order valence-corrected chi connectivity index (χ1v) is 4.52. The van der Waals surface area contributed by atoms with Crippen molar-refractivity contribution >= 4 is 45.1 Å². The number of H-pyrrole nitrogens is 1. The summed E-state index contributed by atoms with van der Waals surface area (Å²) in [5, 5.41) is 8.65. The van der Waals surface area contributed by atoms with E-state index >= 15 is 0 Å². The topological polar surface area (TPSA) is 28.7 Å². The van der Waals surface area contributed by atoms with Crippen molar-refractivity contribution in [3.05, 3.63) is 26.9 Å². The number of aromatic nitrogens is 2.